The highest BCUT2D eigenvalue weighted by atomic mass is 32.1. The fourth-order valence-electron chi connectivity index (χ4n) is 2.63. The van der Waals surface area contributed by atoms with Crippen LogP contribution < -0.4 is 5.32 Å². The second kappa shape index (κ2) is 9.29. The molecule has 1 amide bonds. The molecular weight excluding hydrogens is 350 g/mol. The van der Waals surface area contributed by atoms with E-state index in [1.54, 1.807) is 0 Å². The number of nitrogens with one attached hydrogen (secondary N) is 1. The average molecular weight is 373 g/mol. The molecule has 0 aliphatic rings. The summed E-state index contributed by atoms with van der Waals surface area (Å²) >= 11 is 1.46. The molecule has 1 N–H and O–H groups in total. The normalized spacial score (nSPS) is 11.7. The first-order chi connectivity index (χ1) is 12.4. The van der Waals surface area contributed by atoms with E-state index in [2.05, 4.69) is 5.32 Å². The standard InChI is InChI=1S/C20H23NO4S/c1-13-6-7-14(2)15(11-13)17(22)8-9-19(23)21-16(12-20(24)25-3)18-5-4-10-26-18/h4-7,10-11,16H,8-9,12H2,1-3H3,(H,21,23). The van der Waals surface area contributed by atoms with E-state index < -0.39 is 12.0 Å². The maximum atomic E-state index is 12.4. The van der Waals surface area contributed by atoms with Crippen LogP contribution in [0.5, 0.6) is 0 Å². The fraction of sp³-hybridized carbons (Fsp3) is 0.350. The number of aryl methyl sites for hydroxylation is 2. The summed E-state index contributed by atoms with van der Waals surface area (Å²) in [6.45, 7) is 3.82. The van der Waals surface area contributed by atoms with Gasteiger partial charge in [-0.05, 0) is 36.9 Å². The van der Waals surface area contributed by atoms with Crippen LogP contribution in [0.15, 0.2) is 35.7 Å². The molecule has 138 valence electrons. The van der Waals surface area contributed by atoms with E-state index in [0.29, 0.717) is 5.56 Å². The van der Waals surface area contributed by atoms with Gasteiger partial charge in [-0.2, -0.15) is 0 Å². The summed E-state index contributed by atoms with van der Waals surface area (Å²) in [5.74, 6) is -0.705. The predicted molar refractivity (Wildman–Crippen MR) is 101 cm³/mol. The van der Waals surface area contributed by atoms with Crippen molar-refractivity contribution in [3.8, 4) is 0 Å². The molecule has 0 spiro atoms. The first-order valence-corrected chi connectivity index (χ1v) is 9.28. The second-order valence-corrected chi connectivity index (χ2v) is 7.14. The molecule has 2 aromatic rings. The van der Waals surface area contributed by atoms with Gasteiger partial charge in [0.2, 0.25) is 5.91 Å². The van der Waals surface area contributed by atoms with Gasteiger partial charge in [0.05, 0.1) is 19.6 Å². The van der Waals surface area contributed by atoms with Gasteiger partial charge in [-0.25, -0.2) is 0 Å². The van der Waals surface area contributed by atoms with Crippen molar-refractivity contribution in [2.24, 2.45) is 0 Å². The Bertz CT molecular complexity index is 783. The van der Waals surface area contributed by atoms with Gasteiger partial charge in [-0.1, -0.05) is 23.8 Å². The lowest BCUT2D eigenvalue weighted by Crippen LogP contribution is -2.30. The lowest BCUT2D eigenvalue weighted by Gasteiger charge is -2.16. The highest BCUT2D eigenvalue weighted by Gasteiger charge is 2.20. The number of esters is 1. The van der Waals surface area contributed by atoms with Crippen LogP contribution in [0.1, 0.15) is 51.7 Å². The Balaban J connectivity index is 1.96. The van der Waals surface area contributed by atoms with Crippen molar-refractivity contribution in [2.75, 3.05) is 7.11 Å². The van der Waals surface area contributed by atoms with Gasteiger partial charge in [-0.15, -0.1) is 11.3 Å². The number of rotatable bonds is 8. The van der Waals surface area contributed by atoms with Crippen molar-refractivity contribution in [3.63, 3.8) is 0 Å². The van der Waals surface area contributed by atoms with Crippen LogP contribution in [0, 0.1) is 13.8 Å². The van der Waals surface area contributed by atoms with Crippen molar-refractivity contribution >= 4 is 29.0 Å². The average Bonchev–Trinajstić information content (AvgIpc) is 3.15. The minimum absolute atomic E-state index is 0.0537. The van der Waals surface area contributed by atoms with Crippen molar-refractivity contribution in [2.45, 2.75) is 39.2 Å². The van der Waals surface area contributed by atoms with Gasteiger partial charge in [0.15, 0.2) is 5.78 Å². The van der Waals surface area contributed by atoms with E-state index in [1.165, 1.54) is 18.4 Å². The molecule has 0 radical (unpaired) electrons. The molecule has 0 fully saturated rings. The molecule has 0 aliphatic carbocycles. The van der Waals surface area contributed by atoms with Crippen LogP contribution in [0.2, 0.25) is 0 Å². The number of methoxy groups -OCH3 is 1. The number of hydrogen-bond acceptors (Lipinski definition) is 5. The number of carbonyl (C=O) groups excluding carboxylic acids is 3. The summed E-state index contributed by atoms with van der Waals surface area (Å²) in [5, 5.41) is 4.72. The molecule has 0 saturated carbocycles. The number of hydrogen-bond donors (Lipinski definition) is 1. The zero-order valence-electron chi connectivity index (χ0n) is 15.2. The third-order valence-electron chi connectivity index (χ3n) is 4.09. The van der Waals surface area contributed by atoms with E-state index in [0.717, 1.165) is 16.0 Å². The Morgan fingerprint density at radius 1 is 1.15 bits per heavy atom. The molecule has 5 nitrogen and oxygen atoms in total. The van der Waals surface area contributed by atoms with Gasteiger partial charge < -0.3 is 10.1 Å². The molecule has 1 atom stereocenters. The lowest BCUT2D eigenvalue weighted by molar-refractivity contribution is -0.141. The molecule has 0 saturated heterocycles. The van der Waals surface area contributed by atoms with Gasteiger partial charge in [0, 0.05) is 23.3 Å². The third kappa shape index (κ3) is 5.52. The summed E-state index contributed by atoms with van der Waals surface area (Å²) in [4.78, 5) is 37.2. The van der Waals surface area contributed by atoms with Crippen molar-refractivity contribution in [1.82, 2.24) is 5.32 Å². The van der Waals surface area contributed by atoms with Crippen LogP contribution in [0.4, 0.5) is 0 Å². The lowest BCUT2D eigenvalue weighted by atomic mass is 9.99. The Kier molecular flexibility index (Phi) is 7.09. The molecule has 1 unspecified atom stereocenters. The van der Waals surface area contributed by atoms with Gasteiger partial charge in [-0.3, -0.25) is 14.4 Å². The first kappa shape index (κ1) is 19.8. The Morgan fingerprint density at radius 2 is 1.92 bits per heavy atom. The summed E-state index contributed by atoms with van der Waals surface area (Å²) < 4.78 is 4.70. The topological polar surface area (TPSA) is 72.5 Å². The van der Waals surface area contributed by atoms with Crippen LogP contribution in [-0.4, -0.2) is 24.8 Å². The summed E-state index contributed by atoms with van der Waals surface area (Å²) in [5.41, 5.74) is 2.57. The van der Waals surface area contributed by atoms with Crippen molar-refractivity contribution in [3.05, 3.63) is 57.3 Å². The largest absolute Gasteiger partial charge is 0.469 e. The second-order valence-electron chi connectivity index (χ2n) is 6.16. The maximum Gasteiger partial charge on any atom is 0.307 e. The smallest absolute Gasteiger partial charge is 0.307 e. The summed E-state index contributed by atoms with van der Waals surface area (Å²) in [7, 11) is 1.32. The van der Waals surface area contributed by atoms with Crippen LogP contribution in [-0.2, 0) is 14.3 Å². The molecular formula is C20H23NO4S. The summed E-state index contributed by atoms with van der Waals surface area (Å²) in [6.07, 6.45) is 0.272. The zero-order chi connectivity index (χ0) is 19.1. The number of ketones is 1. The molecule has 1 aromatic carbocycles. The Morgan fingerprint density at radius 3 is 2.58 bits per heavy atom. The summed E-state index contributed by atoms with van der Waals surface area (Å²) in [6, 6.07) is 9.00. The quantitative estimate of drug-likeness (QED) is 0.565. The SMILES string of the molecule is COC(=O)CC(NC(=O)CCC(=O)c1cc(C)ccc1C)c1cccs1. The first-order valence-electron chi connectivity index (χ1n) is 8.40. The number of thiophene rings is 1. The highest BCUT2D eigenvalue weighted by Crippen LogP contribution is 2.23. The third-order valence-corrected chi connectivity index (χ3v) is 5.08. The molecule has 26 heavy (non-hydrogen) atoms. The van der Waals surface area contributed by atoms with E-state index in [9.17, 15) is 14.4 Å². The van der Waals surface area contributed by atoms with Crippen LogP contribution in [0.3, 0.4) is 0 Å². The molecule has 2 rings (SSSR count). The number of Topliss-reactive ketones (excluding diaryl/α,β-unsaturated/α-hetero) is 1. The van der Waals surface area contributed by atoms with Crippen LogP contribution >= 0.6 is 11.3 Å². The van der Waals surface area contributed by atoms with Gasteiger partial charge >= 0.3 is 5.97 Å². The van der Waals surface area contributed by atoms with Gasteiger partial charge in [0.1, 0.15) is 0 Å². The molecule has 1 aromatic heterocycles. The molecule has 6 heteroatoms. The van der Waals surface area contributed by atoms with E-state index in [-0.39, 0.29) is 31.0 Å². The van der Waals surface area contributed by atoms with E-state index >= 15 is 0 Å². The predicted octanol–water partition coefficient (Wildman–Crippen LogP) is 3.75. The zero-order valence-corrected chi connectivity index (χ0v) is 16.0. The highest BCUT2D eigenvalue weighted by molar-refractivity contribution is 7.10. The maximum absolute atomic E-state index is 12.4. The molecule has 0 bridgehead atoms. The number of benzene rings is 1. The number of ether oxygens (including phenoxy) is 1. The fourth-order valence-corrected chi connectivity index (χ4v) is 3.40. The van der Waals surface area contributed by atoms with Crippen molar-refractivity contribution < 1.29 is 19.1 Å². The Hall–Kier alpha value is -2.47. The molecule has 0 aliphatic heterocycles. The van der Waals surface area contributed by atoms with Gasteiger partial charge in [0.25, 0.3) is 0 Å². The van der Waals surface area contributed by atoms with Crippen molar-refractivity contribution in [1.29, 1.82) is 0 Å². The minimum atomic E-state index is -0.439. The minimum Gasteiger partial charge on any atom is -0.469 e. The van der Waals surface area contributed by atoms with E-state index in [4.69, 9.17) is 4.74 Å². The molecule has 1 heterocycles. The van der Waals surface area contributed by atoms with Crippen LogP contribution in [0.25, 0.3) is 0 Å². The number of carbonyl (C=O) groups is 3. The Labute approximate surface area is 157 Å². The number of amides is 1. The monoisotopic (exact) mass is 373 g/mol. The van der Waals surface area contributed by atoms with E-state index in [1.807, 2.05) is 49.6 Å².